The first kappa shape index (κ1) is 15.9. The molecule has 0 saturated carbocycles. The molecule has 0 aromatic heterocycles. The molecule has 0 spiro atoms. The van der Waals surface area contributed by atoms with Crippen LogP contribution in [0.3, 0.4) is 0 Å². The van der Waals surface area contributed by atoms with Gasteiger partial charge in [-0.05, 0) is 64.2 Å². The van der Waals surface area contributed by atoms with Gasteiger partial charge in [-0.2, -0.15) is 0 Å². The van der Waals surface area contributed by atoms with E-state index in [4.69, 9.17) is 16.3 Å². The van der Waals surface area contributed by atoms with Crippen molar-refractivity contribution in [1.29, 1.82) is 0 Å². The van der Waals surface area contributed by atoms with E-state index in [1.54, 1.807) is 7.11 Å². The van der Waals surface area contributed by atoms with Gasteiger partial charge < -0.3 is 4.74 Å². The summed E-state index contributed by atoms with van der Waals surface area (Å²) in [7, 11) is 1.71. The van der Waals surface area contributed by atoms with E-state index in [2.05, 4.69) is 57.8 Å². The Bertz CT molecular complexity index is 617. The van der Waals surface area contributed by atoms with E-state index in [9.17, 15) is 0 Å². The van der Waals surface area contributed by atoms with E-state index in [0.29, 0.717) is 0 Å². The summed E-state index contributed by atoms with van der Waals surface area (Å²) in [4.78, 5) is 0.124. The molecule has 0 N–H and O–H groups in total. The monoisotopic (exact) mass is 416 g/mol. The van der Waals surface area contributed by atoms with Crippen LogP contribution in [0.4, 0.5) is 0 Å². The minimum Gasteiger partial charge on any atom is -0.496 e. The first-order chi connectivity index (χ1) is 9.43. The minimum atomic E-state index is 0.124. The van der Waals surface area contributed by atoms with Gasteiger partial charge in [-0.15, -0.1) is 0 Å². The number of aryl methyl sites for hydroxylation is 2. The number of hydrogen-bond donors (Lipinski definition) is 0. The molecule has 2 aromatic carbocycles. The van der Waals surface area contributed by atoms with Crippen molar-refractivity contribution in [2.24, 2.45) is 0 Å². The van der Waals surface area contributed by atoms with E-state index >= 15 is 0 Å². The third-order valence-electron chi connectivity index (χ3n) is 3.22. The van der Waals surface area contributed by atoms with Gasteiger partial charge in [-0.25, -0.2) is 0 Å². The predicted molar refractivity (Wildman–Crippen MR) is 92.4 cm³/mol. The van der Waals surface area contributed by atoms with Crippen LogP contribution in [-0.2, 0) is 0 Å². The van der Waals surface area contributed by atoms with Gasteiger partial charge in [0.05, 0.1) is 17.0 Å². The molecule has 2 aromatic rings. The summed E-state index contributed by atoms with van der Waals surface area (Å²) in [6.45, 7) is 4.12. The molecule has 0 aliphatic heterocycles. The largest absolute Gasteiger partial charge is 0.496 e. The van der Waals surface area contributed by atoms with Gasteiger partial charge in [0.1, 0.15) is 5.75 Å². The molecule has 0 heterocycles. The Morgan fingerprint density at radius 1 is 1.05 bits per heavy atom. The van der Waals surface area contributed by atoms with Gasteiger partial charge in [-0.1, -0.05) is 45.7 Å². The van der Waals surface area contributed by atoms with Crippen molar-refractivity contribution in [3.8, 4) is 5.75 Å². The molecule has 1 atom stereocenters. The Balaban J connectivity index is 2.42. The fourth-order valence-corrected chi connectivity index (χ4v) is 3.38. The molecule has 20 heavy (non-hydrogen) atoms. The van der Waals surface area contributed by atoms with Gasteiger partial charge in [-0.3, -0.25) is 0 Å². The Hall–Kier alpha value is -0.510. The zero-order chi connectivity index (χ0) is 14.9. The normalized spacial score (nSPS) is 12.3. The van der Waals surface area contributed by atoms with Crippen molar-refractivity contribution >= 4 is 43.5 Å². The minimum absolute atomic E-state index is 0.124. The Morgan fingerprint density at radius 3 is 2.15 bits per heavy atom. The zero-order valence-corrected chi connectivity index (χ0v) is 15.4. The van der Waals surface area contributed by atoms with E-state index in [-0.39, 0.29) is 4.83 Å². The Kier molecular flexibility index (Phi) is 5.16. The maximum atomic E-state index is 6.04. The lowest BCUT2D eigenvalue weighted by Gasteiger charge is -2.16. The third-order valence-corrected chi connectivity index (χ3v) is 5.49. The molecule has 1 nitrogen and oxygen atoms in total. The van der Waals surface area contributed by atoms with Crippen LogP contribution in [-0.4, -0.2) is 7.11 Å². The van der Waals surface area contributed by atoms with Crippen LogP contribution in [0.5, 0.6) is 5.75 Å². The van der Waals surface area contributed by atoms with Crippen LogP contribution < -0.4 is 4.74 Å². The molecule has 1 unspecified atom stereocenters. The molecule has 0 amide bonds. The van der Waals surface area contributed by atoms with Crippen molar-refractivity contribution in [2.75, 3.05) is 7.11 Å². The molecule has 0 saturated heterocycles. The second-order valence-corrected chi connectivity index (χ2v) is 6.90. The summed E-state index contributed by atoms with van der Waals surface area (Å²) < 4.78 is 6.32. The SMILES string of the molecule is COc1c(C)cc(C(Br)c2ccc(Cl)c(Br)c2)cc1C. The molecule has 2 rings (SSSR count). The molecule has 0 fully saturated rings. The van der Waals surface area contributed by atoms with Crippen molar-refractivity contribution in [3.63, 3.8) is 0 Å². The van der Waals surface area contributed by atoms with E-state index in [1.165, 1.54) is 5.56 Å². The molecular formula is C16H15Br2ClO. The van der Waals surface area contributed by atoms with Crippen LogP contribution in [0.2, 0.25) is 5.02 Å². The average Bonchev–Trinajstić information content (AvgIpc) is 2.40. The lowest BCUT2D eigenvalue weighted by Crippen LogP contribution is -1.98. The Morgan fingerprint density at radius 2 is 1.65 bits per heavy atom. The smallest absolute Gasteiger partial charge is 0.124 e. The molecule has 0 aliphatic rings. The van der Waals surface area contributed by atoms with Crippen molar-refractivity contribution < 1.29 is 4.74 Å². The summed E-state index contributed by atoms with van der Waals surface area (Å²) in [6, 6.07) is 10.3. The molecule has 0 aliphatic carbocycles. The topological polar surface area (TPSA) is 9.23 Å². The molecule has 0 bridgehead atoms. The van der Waals surface area contributed by atoms with Crippen LogP contribution in [0.15, 0.2) is 34.8 Å². The maximum Gasteiger partial charge on any atom is 0.124 e. The second-order valence-electron chi connectivity index (χ2n) is 4.72. The summed E-state index contributed by atoms with van der Waals surface area (Å²) in [5, 5.41) is 0.718. The number of methoxy groups -OCH3 is 1. The molecular weight excluding hydrogens is 403 g/mol. The number of alkyl halides is 1. The standard InChI is InChI=1S/C16H15Br2ClO/c1-9-6-12(7-10(2)16(9)20-3)15(18)11-4-5-14(19)13(17)8-11/h4-8,15H,1-3H3. The summed E-state index contributed by atoms with van der Waals surface area (Å²) >= 11 is 13.3. The average molecular weight is 419 g/mol. The number of halogens is 3. The number of benzene rings is 2. The van der Waals surface area contributed by atoms with E-state index in [0.717, 1.165) is 31.9 Å². The van der Waals surface area contributed by atoms with Gasteiger partial charge in [0.15, 0.2) is 0 Å². The summed E-state index contributed by atoms with van der Waals surface area (Å²) in [5.41, 5.74) is 4.64. The lowest BCUT2D eigenvalue weighted by atomic mass is 9.99. The van der Waals surface area contributed by atoms with Crippen LogP contribution in [0, 0.1) is 13.8 Å². The second kappa shape index (κ2) is 6.50. The van der Waals surface area contributed by atoms with Crippen molar-refractivity contribution in [2.45, 2.75) is 18.7 Å². The summed E-state index contributed by atoms with van der Waals surface area (Å²) in [5.74, 6) is 0.950. The first-order valence-corrected chi connectivity index (χ1v) is 8.27. The highest BCUT2D eigenvalue weighted by Crippen LogP contribution is 2.37. The van der Waals surface area contributed by atoms with Gasteiger partial charge >= 0.3 is 0 Å². The van der Waals surface area contributed by atoms with Gasteiger partial charge in [0, 0.05) is 4.47 Å². The predicted octanol–water partition coefficient (Wildman–Crippen LogP) is 6.21. The first-order valence-electron chi connectivity index (χ1n) is 6.18. The van der Waals surface area contributed by atoms with Gasteiger partial charge in [0.2, 0.25) is 0 Å². The van der Waals surface area contributed by atoms with E-state index < -0.39 is 0 Å². The highest BCUT2D eigenvalue weighted by molar-refractivity contribution is 9.10. The number of hydrogen-bond acceptors (Lipinski definition) is 1. The number of ether oxygens (including phenoxy) is 1. The highest BCUT2D eigenvalue weighted by atomic mass is 79.9. The van der Waals surface area contributed by atoms with Crippen molar-refractivity contribution in [3.05, 3.63) is 62.1 Å². The van der Waals surface area contributed by atoms with Crippen LogP contribution >= 0.6 is 43.5 Å². The fraction of sp³-hybridized carbons (Fsp3) is 0.250. The number of rotatable bonds is 3. The van der Waals surface area contributed by atoms with Crippen molar-refractivity contribution in [1.82, 2.24) is 0 Å². The highest BCUT2D eigenvalue weighted by Gasteiger charge is 2.14. The van der Waals surface area contributed by atoms with Crippen LogP contribution in [0.25, 0.3) is 0 Å². The van der Waals surface area contributed by atoms with Crippen LogP contribution in [0.1, 0.15) is 27.1 Å². The lowest BCUT2D eigenvalue weighted by molar-refractivity contribution is 0.408. The fourth-order valence-electron chi connectivity index (χ4n) is 2.31. The zero-order valence-electron chi connectivity index (χ0n) is 11.5. The van der Waals surface area contributed by atoms with E-state index in [1.807, 2.05) is 18.2 Å². The Labute approximate surface area is 141 Å². The molecule has 4 heteroatoms. The molecule has 106 valence electrons. The quantitative estimate of drug-likeness (QED) is 0.538. The molecule has 0 radical (unpaired) electrons. The maximum absolute atomic E-state index is 6.04. The van der Waals surface area contributed by atoms with Gasteiger partial charge in [0.25, 0.3) is 0 Å². The third kappa shape index (κ3) is 3.21. The summed E-state index contributed by atoms with van der Waals surface area (Å²) in [6.07, 6.45) is 0.